The highest BCUT2D eigenvalue weighted by Gasteiger charge is 2.26. The highest BCUT2D eigenvalue weighted by molar-refractivity contribution is 6.07. The first-order valence-electron chi connectivity index (χ1n) is 10.9. The summed E-state index contributed by atoms with van der Waals surface area (Å²) in [7, 11) is 0. The summed E-state index contributed by atoms with van der Waals surface area (Å²) in [6.45, 7) is -3.09. The number of H-pyrrole nitrogens is 1. The predicted molar refractivity (Wildman–Crippen MR) is 131 cm³/mol. The number of carbonyl (C=O) groups excluding carboxylic acids is 1. The number of benzene rings is 3. The maximum Gasteiger partial charge on any atom is 0.387 e. The van der Waals surface area contributed by atoms with Gasteiger partial charge in [-0.2, -0.15) is 8.78 Å². The van der Waals surface area contributed by atoms with Gasteiger partial charge in [-0.05, 0) is 29.3 Å². The Morgan fingerprint density at radius 1 is 0.944 bits per heavy atom. The number of halogens is 2. The number of nitrogens with one attached hydrogen (secondary N) is 1. The summed E-state index contributed by atoms with van der Waals surface area (Å²) in [6.07, 6.45) is 0. The number of aromatic amines is 1. The van der Waals surface area contributed by atoms with Gasteiger partial charge in [0, 0.05) is 5.56 Å². The predicted octanol–water partition coefficient (Wildman–Crippen LogP) is 3.62. The minimum Gasteiger partial charge on any atom is -0.435 e. The Balaban J connectivity index is 1.83. The molecule has 0 bridgehead atoms. The molecule has 0 unspecified atom stereocenters. The minimum absolute atomic E-state index is 0.0105. The number of alkyl halides is 2. The van der Waals surface area contributed by atoms with Crippen molar-refractivity contribution in [3.63, 3.8) is 0 Å². The molecule has 0 fully saturated rings. The van der Waals surface area contributed by atoms with E-state index in [2.05, 4.69) is 9.72 Å². The Kier molecular flexibility index (Phi) is 7.24. The van der Waals surface area contributed by atoms with Crippen LogP contribution in [0.15, 0.2) is 94.5 Å². The van der Waals surface area contributed by atoms with E-state index in [9.17, 15) is 23.2 Å². The lowest BCUT2D eigenvalue weighted by atomic mass is 10.1. The van der Waals surface area contributed by atoms with Crippen LogP contribution in [0.3, 0.4) is 0 Å². The van der Waals surface area contributed by atoms with Crippen LogP contribution in [0.5, 0.6) is 5.75 Å². The van der Waals surface area contributed by atoms with Crippen LogP contribution < -0.4 is 26.6 Å². The molecule has 3 N–H and O–H groups in total. The molecule has 0 radical (unpaired) electrons. The van der Waals surface area contributed by atoms with Gasteiger partial charge in [0.15, 0.2) is 5.69 Å². The van der Waals surface area contributed by atoms with E-state index in [-0.39, 0.29) is 35.9 Å². The van der Waals surface area contributed by atoms with E-state index in [0.29, 0.717) is 5.56 Å². The molecule has 0 aliphatic heterocycles. The van der Waals surface area contributed by atoms with Crippen LogP contribution in [0.1, 0.15) is 21.5 Å². The summed E-state index contributed by atoms with van der Waals surface area (Å²) in [6, 6.07) is 23.0. The summed E-state index contributed by atoms with van der Waals surface area (Å²) in [5.74, 6) is -1.12. The Morgan fingerprint density at radius 3 is 2.22 bits per heavy atom. The molecule has 0 spiro atoms. The van der Waals surface area contributed by atoms with Crippen LogP contribution in [0.4, 0.5) is 20.3 Å². The molecule has 8 nitrogen and oxygen atoms in total. The average Bonchev–Trinajstić information content (AvgIpc) is 2.86. The first kappa shape index (κ1) is 24.4. The van der Waals surface area contributed by atoms with Crippen LogP contribution in [0, 0.1) is 0 Å². The normalized spacial score (nSPS) is 10.9. The summed E-state index contributed by atoms with van der Waals surface area (Å²) in [4.78, 5) is 42.6. The Hall–Kier alpha value is -4.73. The summed E-state index contributed by atoms with van der Waals surface area (Å²) in [5.41, 5.74) is 5.91. The van der Waals surface area contributed by atoms with Crippen LogP contribution in [0.2, 0.25) is 0 Å². The average molecular weight is 492 g/mol. The van der Waals surface area contributed by atoms with E-state index in [1.807, 2.05) is 6.07 Å². The molecule has 3 aromatic carbocycles. The number of hydrogen-bond acceptors (Lipinski definition) is 5. The third kappa shape index (κ3) is 5.49. The van der Waals surface area contributed by atoms with Gasteiger partial charge in [-0.25, -0.2) is 4.79 Å². The zero-order valence-electron chi connectivity index (χ0n) is 18.9. The SMILES string of the molecule is Nc1c(N(Cc2ccccc2)C(=O)c2cccc(OC(F)F)c2)c(=O)[nH]c(=O)n1Cc1ccccc1. The second-order valence-electron chi connectivity index (χ2n) is 7.85. The second kappa shape index (κ2) is 10.7. The van der Waals surface area contributed by atoms with Gasteiger partial charge >= 0.3 is 12.3 Å². The van der Waals surface area contributed by atoms with Gasteiger partial charge in [0.25, 0.3) is 11.5 Å². The molecule has 10 heteroatoms. The van der Waals surface area contributed by atoms with Gasteiger partial charge in [0.05, 0.1) is 13.1 Å². The molecule has 0 atom stereocenters. The molecule has 4 rings (SSSR count). The van der Waals surface area contributed by atoms with Crippen molar-refractivity contribution in [3.05, 3.63) is 122 Å². The number of rotatable bonds is 8. The maximum atomic E-state index is 13.6. The number of nitrogen functional groups attached to an aromatic ring is 1. The summed E-state index contributed by atoms with van der Waals surface area (Å²) >= 11 is 0. The number of ether oxygens (including phenoxy) is 1. The van der Waals surface area contributed by atoms with Gasteiger partial charge < -0.3 is 10.5 Å². The fourth-order valence-corrected chi connectivity index (χ4v) is 3.74. The smallest absolute Gasteiger partial charge is 0.387 e. The highest BCUT2D eigenvalue weighted by Crippen LogP contribution is 2.24. The van der Waals surface area contributed by atoms with Crippen molar-refractivity contribution in [2.75, 3.05) is 10.6 Å². The fraction of sp³-hybridized carbons (Fsp3) is 0.115. The lowest BCUT2D eigenvalue weighted by molar-refractivity contribution is -0.0498. The maximum absolute atomic E-state index is 13.6. The Morgan fingerprint density at radius 2 is 1.58 bits per heavy atom. The van der Waals surface area contributed by atoms with Gasteiger partial charge in [-0.3, -0.25) is 24.0 Å². The monoisotopic (exact) mass is 492 g/mol. The van der Waals surface area contributed by atoms with E-state index >= 15 is 0 Å². The molecule has 1 amide bonds. The van der Waals surface area contributed by atoms with Crippen molar-refractivity contribution in [3.8, 4) is 5.75 Å². The number of hydrogen-bond donors (Lipinski definition) is 2. The zero-order valence-corrected chi connectivity index (χ0v) is 18.9. The first-order valence-corrected chi connectivity index (χ1v) is 10.9. The van der Waals surface area contributed by atoms with E-state index in [0.717, 1.165) is 21.1 Å². The highest BCUT2D eigenvalue weighted by atomic mass is 19.3. The molecule has 0 aliphatic carbocycles. The molecule has 4 aromatic rings. The summed E-state index contributed by atoms with van der Waals surface area (Å²) in [5, 5.41) is 0. The number of anilines is 2. The van der Waals surface area contributed by atoms with Crippen molar-refractivity contribution >= 4 is 17.4 Å². The van der Waals surface area contributed by atoms with Crippen molar-refractivity contribution < 1.29 is 18.3 Å². The Bertz CT molecular complexity index is 1470. The topological polar surface area (TPSA) is 110 Å². The third-order valence-corrected chi connectivity index (χ3v) is 5.40. The van der Waals surface area contributed by atoms with E-state index in [1.165, 1.54) is 18.2 Å². The molecule has 1 heterocycles. The van der Waals surface area contributed by atoms with Crippen molar-refractivity contribution in [1.29, 1.82) is 0 Å². The second-order valence-corrected chi connectivity index (χ2v) is 7.85. The standard InChI is InChI=1S/C26H22F2N4O4/c27-25(28)36-20-13-7-12-19(14-20)24(34)31(15-17-8-3-1-4-9-17)21-22(29)32(26(35)30-23(21)33)16-18-10-5-2-6-11-18/h1-14,25H,15-16,29H2,(H,30,33,35). The number of nitrogens with two attached hydrogens (primary N) is 1. The first-order chi connectivity index (χ1) is 17.3. The van der Waals surface area contributed by atoms with Crippen molar-refractivity contribution in [2.45, 2.75) is 19.7 Å². The molecule has 184 valence electrons. The van der Waals surface area contributed by atoms with Crippen LogP contribution in [0.25, 0.3) is 0 Å². The number of carbonyl (C=O) groups is 1. The number of nitrogens with zero attached hydrogens (tertiary/aromatic N) is 2. The van der Waals surface area contributed by atoms with Crippen molar-refractivity contribution in [2.24, 2.45) is 0 Å². The van der Waals surface area contributed by atoms with Gasteiger partial charge in [-0.1, -0.05) is 66.7 Å². The van der Waals surface area contributed by atoms with E-state index in [1.54, 1.807) is 54.6 Å². The quantitative estimate of drug-likeness (QED) is 0.390. The van der Waals surface area contributed by atoms with Crippen LogP contribution in [-0.4, -0.2) is 22.1 Å². The fourth-order valence-electron chi connectivity index (χ4n) is 3.74. The minimum atomic E-state index is -3.07. The lowest BCUT2D eigenvalue weighted by Gasteiger charge is -2.25. The molecule has 36 heavy (non-hydrogen) atoms. The molecular weight excluding hydrogens is 470 g/mol. The van der Waals surface area contributed by atoms with E-state index in [4.69, 9.17) is 5.73 Å². The molecular formula is C26H22F2N4O4. The molecule has 0 aliphatic rings. The lowest BCUT2D eigenvalue weighted by Crippen LogP contribution is -2.41. The molecule has 1 aromatic heterocycles. The van der Waals surface area contributed by atoms with Crippen LogP contribution in [-0.2, 0) is 13.1 Å². The Labute approximate surface area is 204 Å². The van der Waals surface area contributed by atoms with Crippen molar-refractivity contribution in [1.82, 2.24) is 9.55 Å². The third-order valence-electron chi connectivity index (χ3n) is 5.40. The number of amides is 1. The molecule has 0 saturated carbocycles. The summed E-state index contributed by atoms with van der Waals surface area (Å²) < 4.78 is 31.0. The largest absolute Gasteiger partial charge is 0.435 e. The molecule has 0 saturated heterocycles. The van der Waals surface area contributed by atoms with Gasteiger partial charge in [-0.15, -0.1) is 0 Å². The van der Waals surface area contributed by atoms with E-state index < -0.39 is 23.8 Å². The number of aromatic nitrogens is 2. The zero-order chi connectivity index (χ0) is 25.7. The van der Waals surface area contributed by atoms with Gasteiger partial charge in [0.2, 0.25) is 0 Å². The van der Waals surface area contributed by atoms with Gasteiger partial charge in [0.1, 0.15) is 11.6 Å². The van der Waals surface area contributed by atoms with Crippen LogP contribution >= 0.6 is 0 Å².